The van der Waals surface area contributed by atoms with E-state index in [1.807, 2.05) is 29.5 Å². The van der Waals surface area contributed by atoms with Crippen LogP contribution in [0.3, 0.4) is 0 Å². The molecule has 0 radical (unpaired) electrons. The van der Waals surface area contributed by atoms with Gasteiger partial charge in [0.05, 0.1) is 12.0 Å². The minimum Gasteiger partial charge on any atom is -0.496 e. The van der Waals surface area contributed by atoms with Gasteiger partial charge in [0, 0.05) is 10.3 Å². The van der Waals surface area contributed by atoms with Gasteiger partial charge in [-0.3, -0.25) is 0 Å². The van der Waals surface area contributed by atoms with Crippen LogP contribution in [0.2, 0.25) is 0 Å². The fraction of sp³-hybridized carbons (Fsp3) is 0.294. The summed E-state index contributed by atoms with van der Waals surface area (Å²) in [7, 11) is 1.71. The predicted molar refractivity (Wildman–Crippen MR) is 91.2 cm³/mol. The summed E-state index contributed by atoms with van der Waals surface area (Å²) in [6.45, 7) is 0. The Labute approximate surface area is 137 Å². The lowest BCUT2D eigenvalue weighted by Crippen LogP contribution is -1.99. The molecule has 0 N–H and O–H groups in total. The smallest absolute Gasteiger partial charge is 0.132 e. The van der Waals surface area contributed by atoms with Crippen LogP contribution >= 0.6 is 23.1 Å². The normalized spacial score (nSPS) is 14.0. The molecule has 0 amide bonds. The van der Waals surface area contributed by atoms with E-state index in [-0.39, 0.29) is 0 Å². The number of aryl methyl sites for hydroxylation is 2. The standard InChI is InChI=1S/C17H16N2OS2/c1-20-12-7-3-5-9-14(12)22-17-15-11-6-2-4-8-13(11)21-16(15)18-10-19-17/h3,5,7,9-10H,2,4,6,8H2,1H3. The van der Waals surface area contributed by atoms with E-state index in [9.17, 15) is 0 Å². The number of benzene rings is 1. The highest BCUT2D eigenvalue weighted by Crippen LogP contribution is 2.42. The minimum absolute atomic E-state index is 0.892. The zero-order valence-corrected chi connectivity index (χ0v) is 14.0. The lowest BCUT2D eigenvalue weighted by Gasteiger charge is -2.12. The third-order valence-electron chi connectivity index (χ3n) is 3.99. The summed E-state index contributed by atoms with van der Waals surface area (Å²) >= 11 is 3.52. The van der Waals surface area contributed by atoms with Crippen molar-refractivity contribution in [3.05, 3.63) is 41.0 Å². The van der Waals surface area contributed by atoms with Crippen molar-refractivity contribution in [3.63, 3.8) is 0 Å². The number of hydrogen-bond acceptors (Lipinski definition) is 5. The first-order valence-electron chi connectivity index (χ1n) is 7.43. The van der Waals surface area contributed by atoms with Crippen molar-refractivity contribution in [2.45, 2.75) is 35.6 Å². The molecule has 2 aromatic heterocycles. The SMILES string of the molecule is COc1ccccc1Sc1ncnc2sc3c(c12)CCCC3. The lowest BCUT2D eigenvalue weighted by atomic mass is 9.97. The minimum atomic E-state index is 0.892. The van der Waals surface area contributed by atoms with E-state index in [1.54, 1.807) is 25.2 Å². The third-order valence-corrected chi connectivity index (χ3v) is 6.25. The third kappa shape index (κ3) is 2.38. The number of hydrogen-bond donors (Lipinski definition) is 0. The van der Waals surface area contributed by atoms with Gasteiger partial charge in [0.1, 0.15) is 21.9 Å². The van der Waals surface area contributed by atoms with Gasteiger partial charge in [0.15, 0.2) is 0 Å². The number of nitrogens with zero attached hydrogens (tertiary/aromatic N) is 2. The number of rotatable bonds is 3. The molecule has 0 unspecified atom stereocenters. The maximum absolute atomic E-state index is 5.46. The first-order chi connectivity index (χ1) is 10.9. The second-order valence-corrected chi connectivity index (χ2v) is 7.44. The molecule has 0 bridgehead atoms. The van der Waals surface area contributed by atoms with E-state index in [0.717, 1.165) is 26.9 Å². The van der Waals surface area contributed by atoms with Crippen LogP contribution in [-0.4, -0.2) is 17.1 Å². The highest BCUT2D eigenvalue weighted by Gasteiger charge is 2.20. The largest absolute Gasteiger partial charge is 0.496 e. The lowest BCUT2D eigenvalue weighted by molar-refractivity contribution is 0.405. The molecule has 5 heteroatoms. The van der Waals surface area contributed by atoms with Crippen LogP contribution in [-0.2, 0) is 12.8 Å². The van der Waals surface area contributed by atoms with Crippen LogP contribution in [0.1, 0.15) is 23.3 Å². The van der Waals surface area contributed by atoms with Crippen LogP contribution in [0.5, 0.6) is 5.75 Å². The van der Waals surface area contributed by atoms with Crippen LogP contribution in [0.4, 0.5) is 0 Å². The van der Waals surface area contributed by atoms with E-state index < -0.39 is 0 Å². The van der Waals surface area contributed by atoms with E-state index in [0.29, 0.717) is 0 Å². The maximum Gasteiger partial charge on any atom is 0.132 e. The molecule has 0 aliphatic heterocycles. The van der Waals surface area contributed by atoms with Gasteiger partial charge in [-0.25, -0.2) is 9.97 Å². The Morgan fingerprint density at radius 3 is 2.91 bits per heavy atom. The molecule has 0 spiro atoms. The second-order valence-electron chi connectivity index (χ2n) is 5.32. The average molecular weight is 328 g/mol. The highest BCUT2D eigenvalue weighted by atomic mass is 32.2. The number of thiophene rings is 1. The Balaban J connectivity index is 1.83. The summed E-state index contributed by atoms with van der Waals surface area (Å²) in [5, 5.41) is 2.31. The van der Waals surface area contributed by atoms with Crippen LogP contribution < -0.4 is 4.74 Å². The summed E-state index contributed by atoms with van der Waals surface area (Å²) in [6.07, 6.45) is 6.59. The number of methoxy groups -OCH3 is 1. The first kappa shape index (κ1) is 14.0. The average Bonchev–Trinajstić information content (AvgIpc) is 2.95. The summed E-state index contributed by atoms with van der Waals surface area (Å²) in [5.41, 5.74) is 1.48. The molecule has 0 atom stereocenters. The van der Waals surface area contributed by atoms with Gasteiger partial charge in [-0.05, 0) is 43.4 Å². The second kappa shape index (κ2) is 5.89. The Kier molecular flexibility index (Phi) is 3.76. The molecular formula is C17H16N2OS2. The number of ether oxygens (including phenoxy) is 1. The van der Waals surface area contributed by atoms with Crippen molar-refractivity contribution in [2.75, 3.05) is 7.11 Å². The molecule has 3 aromatic rings. The van der Waals surface area contributed by atoms with E-state index >= 15 is 0 Å². The Hall–Kier alpha value is -1.59. The van der Waals surface area contributed by atoms with Crippen LogP contribution in [0, 0.1) is 0 Å². The van der Waals surface area contributed by atoms with Crippen LogP contribution in [0.15, 0.2) is 40.5 Å². The summed E-state index contributed by atoms with van der Waals surface area (Å²) in [4.78, 5) is 12.8. The molecule has 112 valence electrons. The molecule has 1 aliphatic carbocycles. The van der Waals surface area contributed by atoms with Crippen molar-refractivity contribution in [3.8, 4) is 5.75 Å². The summed E-state index contributed by atoms with van der Waals surface area (Å²) in [5.74, 6) is 0.892. The van der Waals surface area contributed by atoms with Gasteiger partial charge >= 0.3 is 0 Å². The van der Waals surface area contributed by atoms with Crippen molar-refractivity contribution in [2.24, 2.45) is 0 Å². The Morgan fingerprint density at radius 2 is 2.00 bits per heavy atom. The van der Waals surface area contributed by atoms with E-state index in [4.69, 9.17) is 4.74 Å². The van der Waals surface area contributed by atoms with Crippen molar-refractivity contribution in [1.82, 2.24) is 9.97 Å². The van der Waals surface area contributed by atoms with E-state index in [2.05, 4.69) is 16.0 Å². The summed E-state index contributed by atoms with van der Waals surface area (Å²) < 4.78 is 5.46. The summed E-state index contributed by atoms with van der Waals surface area (Å²) in [6, 6.07) is 8.09. The van der Waals surface area contributed by atoms with Gasteiger partial charge in [0.2, 0.25) is 0 Å². The molecule has 0 fully saturated rings. The molecular weight excluding hydrogens is 312 g/mol. The molecule has 2 heterocycles. The maximum atomic E-state index is 5.46. The van der Waals surface area contributed by atoms with Gasteiger partial charge < -0.3 is 4.74 Å². The molecule has 1 aromatic carbocycles. The number of para-hydroxylation sites is 1. The molecule has 4 rings (SSSR count). The monoisotopic (exact) mass is 328 g/mol. The van der Waals surface area contributed by atoms with Gasteiger partial charge in [0.25, 0.3) is 0 Å². The van der Waals surface area contributed by atoms with Crippen molar-refractivity contribution >= 4 is 33.3 Å². The fourth-order valence-electron chi connectivity index (χ4n) is 2.95. The molecule has 0 saturated carbocycles. The first-order valence-corrected chi connectivity index (χ1v) is 9.06. The number of fused-ring (bicyclic) bond motifs is 3. The zero-order chi connectivity index (χ0) is 14.9. The zero-order valence-electron chi connectivity index (χ0n) is 12.3. The Bertz CT molecular complexity index is 829. The molecule has 0 saturated heterocycles. The van der Waals surface area contributed by atoms with Crippen molar-refractivity contribution < 1.29 is 4.74 Å². The van der Waals surface area contributed by atoms with Crippen molar-refractivity contribution in [1.29, 1.82) is 0 Å². The van der Waals surface area contributed by atoms with E-state index in [1.165, 1.54) is 35.1 Å². The molecule has 1 aliphatic rings. The topological polar surface area (TPSA) is 35.0 Å². The quantitative estimate of drug-likeness (QED) is 0.651. The fourth-order valence-corrected chi connectivity index (χ4v) is 5.27. The van der Waals surface area contributed by atoms with Gasteiger partial charge in [-0.15, -0.1) is 11.3 Å². The van der Waals surface area contributed by atoms with Gasteiger partial charge in [-0.2, -0.15) is 0 Å². The molecule has 22 heavy (non-hydrogen) atoms. The Morgan fingerprint density at radius 1 is 1.14 bits per heavy atom. The molecule has 3 nitrogen and oxygen atoms in total. The predicted octanol–water partition coefficient (Wildman–Crippen LogP) is 4.73. The number of aromatic nitrogens is 2. The van der Waals surface area contributed by atoms with Crippen LogP contribution in [0.25, 0.3) is 10.2 Å². The van der Waals surface area contributed by atoms with Gasteiger partial charge in [-0.1, -0.05) is 23.9 Å². The highest BCUT2D eigenvalue weighted by molar-refractivity contribution is 7.99.